The van der Waals surface area contributed by atoms with Gasteiger partial charge in [-0.25, -0.2) is 4.98 Å². The number of nitrogens with one attached hydrogen (secondary N) is 1. The average molecular weight is 284 g/mol. The summed E-state index contributed by atoms with van der Waals surface area (Å²) in [6.45, 7) is 3.92. The number of hydrogen-bond donors (Lipinski definition) is 3. The maximum atomic E-state index is 12.2. The number of carbonyl (C=O) groups is 1. The van der Waals surface area contributed by atoms with Gasteiger partial charge in [0.2, 0.25) is 5.91 Å². The fraction of sp³-hybridized carbons (Fsp3) is 0.583. The molecule has 0 saturated heterocycles. The molecule has 0 fully saturated rings. The van der Waals surface area contributed by atoms with Crippen LogP contribution in [0.25, 0.3) is 0 Å². The fourth-order valence-corrected chi connectivity index (χ4v) is 2.56. The highest BCUT2D eigenvalue weighted by atomic mass is 32.1. The molecule has 19 heavy (non-hydrogen) atoms. The third-order valence-electron chi connectivity index (χ3n) is 2.84. The maximum Gasteiger partial charge on any atom is 0.231 e. The van der Waals surface area contributed by atoms with Gasteiger partial charge in [-0.15, -0.1) is 11.3 Å². The molecule has 0 radical (unpaired) electrons. The molecule has 1 heterocycles. The Balaban J connectivity index is 2.75. The summed E-state index contributed by atoms with van der Waals surface area (Å²) in [7, 11) is 0. The van der Waals surface area contributed by atoms with Crippen LogP contribution in [-0.2, 0) is 4.79 Å². The zero-order valence-corrected chi connectivity index (χ0v) is 12.0. The Labute approximate surface area is 116 Å². The molecular formula is C12H20N4O2S. The number of amidine groups is 1. The molecule has 0 bridgehead atoms. The number of nitrogens with two attached hydrogens (primary N) is 1. The van der Waals surface area contributed by atoms with Gasteiger partial charge in [-0.3, -0.25) is 4.79 Å². The van der Waals surface area contributed by atoms with E-state index in [0.717, 1.165) is 17.8 Å². The number of aromatic nitrogens is 1. The van der Waals surface area contributed by atoms with Gasteiger partial charge in [-0.05, 0) is 12.8 Å². The molecule has 2 atom stereocenters. The number of thiazole rings is 1. The van der Waals surface area contributed by atoms with Crippen molar-refractivity contribution in [1.82, 2.24) is 10.3 Å². The van der Waals surface area contributed by atoms with E-state index >= 15 is 0 Å². The van der Waals surface area contributed by atoms with Gasteiger partial charge >= 0.3 is 0 Å². The van der Waals surface area contributed by atoms with Crippen molar-refractivity contribution in [2.24, 2.45) is 16.8 Å². The van der Waals surface area contributed by atoms with Crippen LogP contribution in [0.5, 0.6) is 0 Å². The minimum atomic E-state index is -0.594. The zero-order chi connectivity index (χ0) is 14.3. The quantitative estimate of drug-likeness (QED) is 0.308. The van der Waals surface area contributed by atoms with Crippen molar-refractivity contribution >= 4 is 23.1 Å². The van der Waals surface area contributed by atoms with Crippen LogP contribution in [0, 0.1) is 5.92 Å². The summed E-state index contributed by atoms with van der Waals surface area (Å²) in [5.74, 6) is -0.864. The zero-order valence-electron chi connectivity index (χ0n) is 11.2. The lowest BCUT2D eigenvalue weighted by atomic mass is 10.0. The highest BCUT2D eigenvalue weighted by Gasteiger charge is 2.25. The Morgan fingerprint density at radius 1 is 1.63 bits per heavy atom. The lowest BCUT2D eigenvalue weighted by Gasteiger charge is -2.19. The third kappa shape index (κ3) is 4.20. The van der Waals surface area contributed by atoms with Crippen molar-refractivity contribution in [1.29, 1.82) is 0 Å². The second-order valence-electron chi connectivity index (χ2n) is 4.21. The lowest BCUT2D eigenvalue weighted by Crippen LogP contribution is -2.40. The Kier molecular flexibility index (Phi) is 6.27. The van der Waals surface area contributed by atoms with Gasteiger partial charge in [0.05, 0.1) is 12.0 Å². The molecule has 1 aromatic rings. The van der Waals surface area contributed by atoms with Crippen molar-refractivity contribution in [3.05, 3.63) is 16.6 Å². The standard InChI is InChI=1S/C12H20N4O2S/c1-3-5-8(10(13)16-18)11(17)15-9(4-2)12-14-6-7-19-12/h6-9,18H,3-5H2,1-2H3,(H2,13,16)(H,15,17). The molecule has 0 saturated carbocycles. The van der Waals surface area contributed by atoms with E-state index in [4.69, 9.17) is 10.9 Å². The second-order valence-corrected chi connectivity index (χ2v) is 5.13. The van der Waals surface area contributed by atoms with Gasteiger partial charge in [-0.2, -0.15) is 0 Å². The Hall–Kier alpha value is -1.63. The summed E-state index contributed by atoms with van der Waals surface area (Å²) in [6.07, 6.45) is 3.79. The van der Waals surface area contributed by atoms with E-state index < -0.39 is 5.92 Å². The number of rotatable bonds is 7. The molecule has 1 aromatic heterocycles. The summed E-state index contributed by atoms with van der Waals surface area (Å²) in [5.41, 5.74) is 5.57. The van der Waals surface area contributed by atoms with Crippen molar-refractivity contribution in [2.45, 2.75) is 39.2 Å². The number of carbonyl (C=O) groups excluding carboxylic acids is 1. The molecule has 0 aromatic carbocycles. The minimum Gasteiger partial charge on any atom is -0.409 e. The molecule has 1 amide bonds. The van der Waals surface area contributed by atoms with Gasteiger partial charge < -0.3 is 16.3 Å². The summed E-state index contributed by atoms with van der Waals surface area (Å²) >= 11 is 1.50. The SMILES string of the molecule is CCCC(C(=O)NC(CC)c1nccs1)C(N)=NO. The molecule has 0 aliphatic carbocycles. The second kappa shape index (κ2) is 7.73. The highest BCUT2D eigenvalue weighted by Crippen LogP contribution is 2.20. The largest absolute Gasteiger partial charge is 0.409 e. The molecule has 6 nitrogen and oxygen atoms in total. The van der Waals surface area contributed by atoms with Crippen LogP contribution in [0.1, 0.15) is 44.2 Å². The molecule has 0 spiro atoms. The van der Waals surface area contributed by atoms with Crippen molar-refractivity contribution in [3.63, 3.8) is 0 Å². The number of oxime groups is 1. The minimum absolute atomic E-state index is 0.0478. The predicted octanol–water partition coefficient (Wildman–Crippen LogP) is 1.87. The van der Waals surface area contributed by atoms with Crippen LogP contribution < -0.4 is 11.1 Å². The van der Waals surface area contributed by atoms with Crippen LogP contribution in [0.3, 0.4) is 0 Å². The van der Waals surface area contributed by atoms with Crippen LogP contribution in [0.2, 0.25) is 0 Å². The molecule has 1 rings (SSSR count). The van der Waals surface area contributed by atoms with Gasteiger partial charge in [0.15, 0.2) is 5.84 Å². The first kappa shape index (κ1) is 15.4. The molecule has 2 unspecified atom stereocenters. The summed E-state index contributed by atoms with van der Waals surface area (Å²) in [5, 5.41) is 17.3. The van der Waals surface area contributed by atoms with Gasteiger partial charge in [-0.1, -0.05) is 25.4 Å². The lowest BCUT2D eigenvalue weighted by molar-refractivity contribution is -0.124. The fourth-order valence-electron chi connectivity index (χ4n) is 1.79. The molecular weight excluding hydrogens is 264 g/mol. The third-order valence-corrected chi connectivity index (χ3v) is 3.73. The number of hydrogen-bond acceptors (Lipinski definition) is 5. The molecule has 4 N–H and O–H groups in total. The normalized spacial score (nSPS) is 14.9. The van der Waals surface area contributed by atoms with E-state index in [2.05, 4.69) is 15.5 Å². The molecule has 0 aliphatic rings. The maximum absolute atomic E-state index is 12.2. The van der Waals surface area contributed by atoms with E-state index in [1.165, 1.54) is 11.3 Å². The van der Waals surface area contributed by atoms with Crippen LogP contribution >= 0.6 is 11.3 Å². The van der Waals surface area contributed by atoms with E-state index in [0.29, 0.717) is 6.42 Å². The molecule has 106 valence electrons. The van der Waals surface area contributed by atoms with Gasteiger partial charge in [0.25, 0.3) is 0 Å². The molecule has 7 heteroatoms. The van der Waals surface area contributed by atoms with Crippen LogP contribution in [-0.4, -0.2) is 21.9 Å². The smallest absolute Gasteiger partial charge is 0.231 e. The first-order chi connectivity index (χ1) is 9.13. The van der Waals surface area contributed by atoms with E-state index in [-0.39, 0.29) is 17.8 Å². The first-order valence-corrected chi connectivity index (χ1v) is 7.19. The van der Waals surface area contributed by atoms with Crippen molar-refractivity contribution in [3.8, 4) is 0 Å². The Bertz CT molecular complexity index is 419. The highest BCUT2D eigenvalue weighted by molar-refractivity contribution is 7.09. The Morgan fingerprint density at radius 2 is 2.37 bits per heavy atom. The monoisotopic (exact) mass is 284 g/mol. The first-order valence-electron chi connectivity index (χ1n) is 6.31. The van der Waals surface area contributed by atoms with Crippen LogP contribution in [0.4, 0.5) is 0 Å². The predicted molar refractivity (Wildman–Crippen MR) is 75.1 cm³/mol. The van der Waals surface area contributed by atoms with E-state index in [1.807, 2.05) is 19.2 Å². The summed E-state index contributed by atoms with van der Waals surface area (Å²) in [6, 6.07) is -0.127. The van der Waals surface area contributed by atoms with Crippen molar-refractivity contribution < 1.29 is 10.0 Å². The number of nitrogens with zero attached hydrogens (tertiary/aromatic N) is 2. The van der Waals surface area contributed by atoms with E-state index in [1.54, 1.807) is 6.20 Å². The molecule has 0 aliphatic heterocycles. The average Bonchev–Trinajstić information content (AvgIpc) is 2.94. The summed E-state index contributed by atoms with van der Waals surface area (Å²) < 4.78 is 0. The van der Waals surface area contributed by atoms with E-state index in [9.17, 15) is 4.79 Å². The van der Waals surface area contributed by atoms with Gasteiger partial charge in [0.1, 0.15) is 5.01 Å². The number of amides is 1. The summed E-state index contributed by atoms with van der Waals surface area (Å²) in [4.78, 5) is 16.4. The van der Waals surface area contributed by atoms with Crippen LogP contribution in [0.15, 0.2) is 16.7 Å². The van der Waals surface area contributed by atoms with Gasteiger partial charge in [0, 0.05) is 11.6 Å². The Morgan fingerprint density at radius 3 is 2.84 bits per heavy atom. The topological polar surface area (TPSA) is 101 Å². The van der Waals surface area contributed by atoms with Crippen molar-refractivity contribution in [2.75, 3.05) is 0 Å².